The molecule has 8 rings (SSSR count). The van der Waals surface area contributed by atoms with Crippen molar-refractivity contribution in [1.29, 1.82) is 0 Å². The lowest BCUT2D eigenvalue weighted by atomic mass is 9.88. The van der Waals surface area contributed by atoms with Crippen LogP contribution < -0.4 is 0 Å². The zero-order valence-electron chi connectivity index (χ0n) is 39.1. The molecule has 69 heavy (non-hydrogen) atoms. The van der Waals surface area contributed by atoms with Gasteiger partial charge in [-0.25, -0.2) is 9.59 Å². The highest BCUT2D eigenvalue weighted by molar-refractivity contribution is 5.90. The summed E-state index contributed by atoms with van der Waals surface area (Å²) in [5.74, 6) is -1.75. The van der Waals surface area contributed by atoms with Crippen LogP contribution in [0.5, 0.6) is 0 Å². The molecular weight excluding hydrogens is 885 g/mol. The fourth-order valence-electron chi connectivity index (χ4n) is 8.96. The van der Waals surface area contributed by atoms with Crippen molar-refractivity contribution in [3.8, 4) is 0 Å². The molecule has 3 saturated heterocycles. The van der Waals surface area contributed by atoms with Crippen LogP contribution in [-0.4, -0.2) is 115 Å². The Hall–Kier alpha value is -5.36. The van der Waals surface area contributed by atoms with Crippen LogP contribution in [-0.2, 0) is 67.2 Å². The molecule has 0 amide bonds. The van der Waals surface area contributed by atoms with E-state index in [9.17, 15) is 19.8 Å². The Balaban J connectivity index is 1.01. The largest absolute Gasteiger partial charge is 0.454 e. The number of carbonyl (C=O) groups is 2. The van der Waals surface area contributed by atoms with E-state index >= 15 is 0 Å². The summed E-state index contributed by atoms with van der Waals surface area (Å²) < 4.78 is 63.9. The van der Waals surface area contributed by atoms with Crippen molar-refractivity contribution in [3.63, 3.8) is 0 Å². The Labute approximate surface area is 403 Å². The number of aliphatic hydroxyl groups excluding tert-OH is 1. The maximum Gasteiger partial charge on any atom is 0.338 e. The van der Waals surface area contributed by atoms with Gasteiger partial charge in [-0.2, -0.15) is 0 Å². The second-order valence-corrected chi connectivity index (χ2v) is 17.8. The molecule has 366 valence electrons. The zero-order chi connectivity index (χ0) is 48.2. The molecule has 5 aromatic rings. The highest BCUT2D eigenvalue weighted by Crippen LogP contribution is 2.37. The van der Waals surface area contributed by atoms with Crippen LogP contribution in [0.1, 0.15) is 64.6 Å². The third kappa shape index (κ3) is 12.7. The van der Waals surface area contributed by atoms with E-state index < -0.39 is 104 Å². The van der Waals surface area contributed by atoms with Crippen molar-refractivity contribution in [2.24, 2.45) is 5.92 Å². The Kier molecular flexibility index (Phi) is 17.4. The minimum atomic E-state index is -2.04. The monoisotopic (exact) mass is 946 g/mol. The van der Waals surface area contributed by atoms with Gasteiger partial charge in [0.05, 0.1) is 63.0 Å². The van der Waals surface area contributed by atoms with E-state index in [1.54, 1.807) is 60.7 Å². The SMILES string of the molecule is CC[C@H]1O[C@@H](OC[C@]2(O)CO[C@@H](O[C@@H]3[C@@H](OCc4ccccc4)[C@H](OCc4ccccc4)[C@@H](COCc4ccccc4)O[C@H]3C)[C@H]2O)[C@H](OC(=O)c2ccccc2)[C@@H](OC(=O)c2ccccc2)[C@@H]1C. The quantitative estimate of drug-likeness (QED) is 0.0750. The molecule has 0 bridgehead atoms. The maximum absolute atomic E-state index is 13.6. The summed E-state index contributed by atoms with van der Waals surface area (Å²) in [5.41, 5.74) is 1.41. The van der Waals surface area contributed by atoms with Crippen LogP contribution >= 0.6 is 0 Å². The van der Waals surface area contributed by atoms with Crippen LogP contribution in [0.15, 0.2) is 152 Å². The minimum absolute atomic E-state index is 0.186. The summed E-state index contributed by atoms with van der Waals surface area (Å²) in [6, 6.07) is 46.2. The van der Waals surface area contributed by atoms with Crippen LogP contribution in [0.3, 0.4) is 0 Å². The van der Waals surface area contributed by atoms with Crippen LogP contribution in [0.25, 0.3) is 0 Å². The molecular formula is C55H62O14. The van der Waals surface area contributed by atoms with E-state index in [0.717, 1.165) is 16.7 Å². The molecule has 0 radical (unpaired) electrons. The third-order valence-electron chi connectivity index (χ3n) is 12.8. The molecule has 2 N–H and O–H groups in total. The maximum atomic E-state index is 13.6. The molecule has 0 unspecified atom stereocenters. The fourth-order valence-corrected chi connectivity index (χ4v) is 8.96. The van der Waals surface area contributed by atoms with Gasteiger partial charge < -0.3 is 57.6 Å². The first-order valence-corrected chi connectivity index (χ1v) is 23.6. The molecule has 5 aromatic carbocycles. The summed E-state index contributed by atoms with van der Waals surface area (Å²) in [7, 11) is 0. The van der Waals surface area contributed by atoms with Crippen LogP contribution in [0.4, 0.5) is 0 Å². The number of hydrogen-bond acceptors (Lipinski definition) is 14. The number of benzene rings is 5. The molecule has 0 aliphatic carbocycles. The first-order chi connectivity index (χ1) is 33.6. The summed E-state index contributed by atoms with van der Waals surface area (Å²) >= 11 is 0. The van der Waals surface area contributed by atoms with E-state index in [2.05, 4.69) is 0 Å². The van der Waals surface area contributed by atoms with Crippen LogP contribution in [0.2, 0.25) is 0 Å². The van der Waals surface area contributed by atoms with Gasteiger partial charge in [0.1, 0.15) is 42.2 Å². The Morgan fingerprint density at radius 3 is 1.61 bits per heavy atom. The van der Waals surface area contributed by atoms with Gasteiger partial charge in [0.15, 0.2) is 18.7 Å². The number of hydrogen-bond donors (Lipinski definition) is 2. The van der Waals surface area contributed by atoms with Gasteiger partial charge in [0.25, 0.3) is 0 Å². The number of carbonyl (C=O) groups excluding carboxylic acids is 2. The van der Waals surface area contributed by atoms with Gasteiger partial charge in [0, 0.05) is 5.92 Å². The molecule has 3 heterocycles. The Morgan fingerprint density at radius 1 is 0.580 bits per heavy atom. The fraction of sp³-hybridized carbons (Fsp3) is 0.418. The third-order valence-corrected chi connectivity index (χ3v) is 12.8. The standard InChI is InChI=1S/C55H62O14/c1-4-43-36(2)45(67-51(57)41-26-16-8-17-27-41)49(68-52(58)42-28-18-9-19-29-42)53(66-43)63-34-55(59)35-64-54(50(55)56)69-46-37(3)65-44(33-60-30-38-20-10-5-11-21-38)47(61-31-39-22-12-6-13-23-39)48(46)62-32-40-24-14-7-15-25-40/h5-29,36-37,43-50,53-54,56,59H,4,30-35H2,1-3H3/t36-,37+,43-,44-,45+,46+,47-,48-,49-,50-,53-,54+,55+/m1/s1. The van der Waals surface area contributed by atoms with Crippen molar-refractivity contribution in [1.82, 2.24) is 0 Å². The Bertz CT molecular complexity index is 2330. The van der Waals surface area contributed by atoms with Gasteiger partial charge in [-0.05, 0) is 54.3 Å². The normalized spacial score (nSPS) is 30.1. The predicted molar refractivity (Wildman–Crippen MR) is 251 cm³/mol. The van der Waals surface area contributed by atoms with Gasteiger partial charge in [-0.1, -0.05) is 141 Å². The minimum Gasteiger partial charge on any atom is -0.454 e. The molecule has 0 saturated carbocycles. The lowest BCUT2D eigenvalue weighted by Crippen LogP contribution is -2.62. The molecule has 14 heteroatoms. The van der Waals surface area contributed by atoms with Crippen molar-refractivity contribution < 1.29 is 67.2 Å². The topological polar surface area (TPSA) is 167 Å². The summed E-state index contributed by atoms with van der Waals surface area (Å²) in [4.78, 5) is 27.2. The lowest BCUT2D eigenvalue weighted by Gasteiger charge is -2.46. The predicted octanol–water partition coefficient (Wildman–Crippen LogP) is 7.23. The van der Waals surface area contributed by atoms with E-state index in [0.29, 0.717) is 18.6 Å². The van der Waals surface area contributed by atoms with Crippen LogP contribution in [0, 0.1) is 5.92 Å². The molecule has 0 spiro atoms. The molecule has 14 nitrogen and oxygen atoms in total. The van der Waals surface area contributed by atoms with Gasteiger partial charge in [0.2, 0.25) is 0 Å². The van der Waals surface area contributed by atoms with Crippen molar-refractivity contribution >= 4 is 11.9 Å². The molecule has 3 aliphatic heterocycles. The number of rotatable bonds is 20. The summed E-state index contributed by atoms with van der Waals surface area (Å²) in [6.45, 7) is 5.67. The number of aliphatic hydroxyl groups is 2. The second-order valence-electron chi connectivity index (χ2n) is 17.8. The van der Waals surface area contributed by atoms with Gasteiger partial charge in [-0.15, -0.1) is 0 Å². The number of ether oxygens (including phenoxy) is 10. The second kappa shape index (κ2) is 24.0. The number of esters is 2. The summed E-state index contributed by atoms with van der Waals surface area (Å²) in [6.07, 6.45) is -10.3. The zero-order valence-corrected chi connectivity index (χ0v) is 39.1. The highest BCUT2D eigenvalue weighted by atomic mass is 16.7. The first-order valence-electron chi connectivity index (χ1n) is 23.6. The van der Waals surface area contributed by atoms with E-state index in [1.807, 2.05) is 112 Å². The molecule has 3 aliphatic rings. The van der Waals surface area contributed by atoms with E-state index in [4.69, 9.17) is 47.4 Å². The summed E-state index contributed by atoms with van der Waals surface area (Å²) in [5, 5.41) is 24.1. The lowest BCUT2D eigenvalue weighted by molar-refractivity contribution is -0.303. The van der Waals surface area contributed by atoms with Gasteiger partial charge >= 0.3 is 11.9 Å². The average Bonchev–Trinajstić information content (AvgIpc) is 3.67. The average molecular weight is 947 g/mol. The van der Waals surface area contributed by atoms with Crippen molar-refractivity contribution in [2.75, 3.05) is 19.8 Å². The van der Waals surface area contributed by atoms with Crippen molar-refractivity contribution in [3.05, 3.63) is 179 Å². The van der Waals surface area contributed by atoms with E-state index in [-0.39, 0.29) is 25.4 Å². The molecule has 0 aromatic heterocycles. The molecule has 13 atom stereocenters. The smallest absolute Gasteiger partial charge is 0.338 e. The molecule has 3 fully saturated rings. The highest BCUT2D eigenvalue weighted by Gasteiger charge is 2.55. The van der Waals surface area contributed by atoms with Gasteiger partial charge in [-0.3, -0.25) is 0 Å². The first kappa shape index (κ1) is 50.0. The van der Waals surface area contributed by atoms with E-state index in [1.165, 1.54) is 0 Å². The Morgan fingerprint density at radius 2 is 1.07 bits per heavy atom. The van der Waals surface area contributed by atoms with Crippen molar-refractivity contribution in [2.45, 2.75) is 120 Å².